The number of pyridine rings is 1. The maximum Gasteiger partial charge on any atom is 0.338 e. The van der Waals surface area contributed by atoms with Crippen molar-refractivity contribution in [1.82, 2.24) is 4.98 Å². The first-order valence-corrected chi connectivity index (χ1v) is 13.6. The Morgan fingerprint density at radius 3 is 2.32 bits per heavy atom. The van der Waals surface area contributed by atoms with Gasteiger partial charge >= 0.3 is 5.97 Å². The number of sulfonamides is 1. The van der Waals surface area contributed by atoms with Gasteiger partial charge < -0.3 is 9.47 Å². The zero-order valence-corrected chi connectivity index (χ0v) is 22.0. The van der Waals surface area contributed by atoms with Crippen LogP contribution < -0.4 is 9.04 Å². The van der Waals surface area contributed by atoms with Gasteiger partial charge in [-0.25, -0.2) is 22.5 Å². The molecular weight excluding hydrogens is 488 g/mol. The third-order valence-electron chi connectivity index (χ3n) is 5.94. The standard InChI is InChI=1S/C29H30N2O5S/c1-4-18-36-25-14-10-22(11-15-25)20-31(28-21(3)27-9-7-6-8-24(27)19-30-28)37(33,34)26-16-12-23(13-17-26)29(32)35-5-2/h6-17,19H,4-5,18,20H2,1-3H3. The predicted octanol–water partition coefficient (Wildman–Crippen LogP) is 5.90. The molecule has 0 atom stereocenters. The van der Waals surface area contributed by atoms with E-state index in [1.54, 1.807) is 13.1 Å². The highest BCUT2D eigenvalue weighted by molar-refractivity contribution is 7.92. The molecule has 0 spiro atoms. The van der Waals surface area contributed by atoms with Crippen LogP contribution in [0.4, 0.5) is 5.82 Å². The molecule has 0 bridgehead atoms. The number of hydrogen-bond donors (Lipinski definition) is 0. The maximum absolute atomic E-state index is 14.0. The fourth-order valence-corrected chi connectivity index (χ4v) is 5.47. The Morgan fingerprint density at radius 1 is 0.946 bits per heavy atom. The SMILES string of the molecule is CCCOc1ccc(CN(c2ncc3ccccc3c2C)S(=O)(=O)c2ccc(C(=O)OCC)cc2)cc1. The van der Waals surface area contributed by atoms with Crippen LogP contribution in [0, 0.1) is 6.92 Å². The van der Waals surface area contributed by atoms with E-state index in [-0.39, 0.29) is 23.6 Å². The summed E-state index contributed by atoms with van der Waals surface area (Å²) in [5.74, 6) is 0.578. The van der Waals surface area contributed by atoms with Gasteiger partial charge in [0.2, 0.25) is 0 Å². The molecule has 8 heteroatoms. The Balaban J connectivity index is 1.76. The van der Waals surface area contributed by atoms with E-state index in [1.807, 2.05) is 62.4 Å². The summed E-state index contributed by atoms with van der Waals surface area (Å²) in [6.07, 6.45) is 2.58. The maximum atomic E-state index is 14.0. The molecule has 4 rings (SSSR count). The number of esters is 1. The Kier molecular flexibility index (Phi) is 8.08. The van der Waals surface area contributed by atoms with E-state index in [0.717, 1.165) is 34.1 Å². The summed E-state index contributed by atoms with van der Waals surface area (Å²) >= 11 is 0. The molecule has 0 N–H and O–H groups in total. The van der Waals surface area contributed by atoms with Crippen molar-refractivity contribution in [3.8, 4) is 5.75 Å². The second-order valence-corrected chi connectivity index (χ2v) is 10.4. The molecular formula is C29H30N2O5S. The van der Waals surface area contributed by atoms with E-state index >= 15 is 0 Å². The summed E-state index contributed by atoms with van der Waals surface area (Å²) in [6.45, 7) is 6.55. The Morgan fingerprint density at radius 2 is 1.65 bits per heavy atom. The van der Waals surface area contributed by atoms with Gasteiger partial charge in [0.25, 0.3) is 10.0 Å². The summed E-state index contributed by atoms with van der Waals surface area (Å²) in [5.41, 5.74) is 1.83. The molecule has 0 amide bonds. The van der Waals surface area contributed by atoms with Gasteiger partial charge in [-0.1, -0.05) is 43.3 Å². The van der Waals surface area contributed by atoms with Crippen LogP contribution in [-0.4, -0.2) is 32.6 Å². The van der Waals surface area contributed by atoms with E-state index in [1.165, 1.54) is 28.6 Å². The van der Waals surface area contributed by atoms with Crippen molar-refractivity contribution in [2.24, 2.45) is 0 Å². The number of rotatable bonds is 10. The number of carbonyl (C=O) groups excluding carboxylic acids is 1. The van der Waals surface area contributed by atoms with Crippen LogP contribution in [0.1, 0.15) is 41.8 Å². The van der Waals surface area contributed by atoms with Crippen molar-refractivity contribution in [3.63, 3.8) is 0 Å². The molecule has 0 aliphatic carbocycles. The monoisotopic (exact) mass is 518 g/mol. The lowest BCUT2D eigenvalue weighted by Gasteiger charge is -2.26. The van der Waals surface area contributed by atoms with Crippen molar-refractivity contribution >= 4 is 32.6 Å². The van der Waals surface area contributed by atoms with Crippen LogP contribution in [-0.2, 0) is 21.3 Å². The first-order chi connectivity index (χ1) is 17.8. The number of hydrogen-bond acceptors (Lipinski definition) is 6. The van der Waals surface area contributed by atoms with Crippen molar-refractivity contribution in [3.05, 3.63) is 95.7 Å². The number of carbonyl (C=O) groups is 1. The van der Waals surface area contributed by atoms with Gasteiger partial charge in [0, 0.05) is 17.1 Å². The number of benzene rings is 3. The number of aromatic nitrogens is 1. The first-order valence-electron chi connectivity index (χ1n) is 12.2. The molecule has 37 heavy (non-hydrogen) atoms. The van der Waals surface area contributed by atoms with Gasteiger partial charge in [0.1, 0.15) is 11.6 Å². The molecule has 4 aromatic rings. The normalized spacial score (nSPS) is 11.3. The fourth-order valence-electron chi connectivity index (χ4n) is 4.01. The highest BCUT2D eigenvalue weighted by Gasteiger charge is 2.28. The van der Waals surface area contributed by atoms with Crippen molar-refractivity contribution in [2.75, 3.05) is 17.5 Å². The molecule has 192 valence electrons. The lowest BCUT2D eigenvalue weighted by atomic mass is 10.1. The van der Waals surface area contributed by atoms with E-state index in [0.29, 0.717) is 12.4 Å². The lowest BCUT2D eigenvalue weighted by Crippen LogP contribution is -2.32. The van der Waals surface area contributed by atoms with Gasteiger partial charge in [0.15, 0.2) is 0 Å². The molecule has 1 heterocycles. The molecule has 0 unspecified atom stereocenters. The van der Waals surface area contributed by atoms with Gasteiger partial charge in [-0.2, -0.15) is 0 Å². The second kappa shape index (κ2) is 11.4. The first kappa shape index (κ1) is 26.2. The van der Waals surface area contributed by atoms with Crippen LogP contribution >= 0.6 is 0 Å². The average Bonchev–Trinajstić information content (AvgIpc) is 2.92. The Bertz CT molecular complexity index is 1480. The summed E-state index contributed by atoms with van der Waals surface area (Å²) < 4.78 is 40.0. The third kappa shape index (κ3) is 5.75. The van der Waals surface area contributed by atoms with Gasteiger partial charge in [-0.3, -0.25) is 0 Å². The predicted molar refractivity (Wildman–Crippen MR) is 144 cm³/mol. The summed E-state index contributed by atoms with van der Waals surface area (Å²) in [7, 11) is -4.04. The van der Waals surface area contributed by atoms with Gasteiger partial charge in [0.05, 0.1) is 30.2 Å². The third-order valence-corrected chi connectivity index (χ3v) is 7.69. The van der Waals surface area contributed by atoms with E-state index in [2.05, 4.69) is 4.98 Å². The number of nitrogens with zero attached hydrogens (tertiary/aromatic N) is 2. The quantitative estimate of drug-likeness (QED) is 0.243. The summed E-state index contributed by atoms with van der Waals surface area (Å²) in [5, 5.41) is 1.85. The molecule has 3 aromatic carbocycles. The second-order valence-electron chi connectivity index (χ2n) is 8.54. The van der Waals surface area contributed by atoms with Crippen LogP contribution in [0.3, 0.4) is 0 Å². The number of ether oxygens (including phenoxy) is 2. The summed E-state index contributed by atoms with van der Waals surface area (Å²) in [6, 6.07) is 20.9. The van der Waals surface area contributed by atoms with Crippen molar-refractivity contribution < 1.29 is 22.7 Å². The molecule has 0 saturated carbocycles. The zero-order chi connectivity index (χ0) is 26.4. The Labute approximate surface area is 217 Å². The molecule has 7 nitrogen and oxygen atoms in total. The zero-order valence-electron chi connectivity index (χ0n) is 21.2. The lowest BCUT2D eigenvalue weighted by molar-refractivity contribution is 0.0526. The molecule has 0 aliphatic rings. The molecule has 0 radical (unpaired) electrons. The van der Waals surface area contributed by atoms with E-state index in [9.17, 15) is 13.2 Å². The van der Waals surface area contributed by atoms with Gasteiger partial charge in [-0.05, 0) is 67.6 Å². The highest BCUT2D eigenvalue weighted by Crippen LogP contribution is 2.31. The number of aryl methyl sites for hydroxylation is 1. The van der Waals surface area contributed by atoms with Crippen LogP contribution in [0.5, 0.6) is 5.75 Å². The average molecular weight is 519 g/mol. The topological polar surface area (TPSA) is 85.8 Å². The fraction of sp³-hybridized carbons (Fsp3) is 0.241. The molecule has 0 aliphatic heterocycles. The minimum absolute atomic E-state index is 0.0535. The van der Waals surface area contributed by atoms with Gasteiger partial charge in [-0.15, -0.1) is 0 Å². The van der Waals surface area contributed by atoms with Crippen LogP contribution in [0.25, 0.3) is 10.8 Å². The van der Waals surface area contributed by atoms with Crippen LogP contribution in [0.2, 0.25) is 0 Å². The smallest absolute Gasteiger partial charge is 0.338 e. The van der Waals surface area contributed by atoms with Crippen LogP contribution in [0.15, 0.2) is 83.9 Å². The molecule has 0 saturated heterocycles. The van der Waals surface area contributed by atoms with Crippen molar-refractivity contribution in [2.45, 2.75) is 38.6 Å². The largest absolute Gasteiger partial charge is 0.494 e. The highest BCUT2D eigenvalue weighted by atomic mass is 32.2. The van der Waals surface area contributed by atoms with E-state index in [4.69, 9.17) is 9.47 Å². The minimum atomic E-state index is -4.04. The molecule has 1 aromatic heterocycles. The van der Waals surface area contributed by atoms with Crippen molar-refractivity contribution in [1.29, 1.82) is 0 Å². The minimum Gasteiger partial charge on any atom is -0.494 e. The van der Waals surface area contributed by atoms with E-state index < -0.39 is 16.0 Å². The number of anilines is 1. The summed E-state index contributed by atoms with van der Waals surface area (Å²) in [4.78, 5) is 16.7. The molecule has 0 fully saturated rings. The Hall–Kier alpha value is -3.91. The number of fused-ring (bicyclic) bond motifs is 1.